The fourth-order valence-corrected chi connectivity index (χ4v) is 3.58. The summed E-state index contributed by atoms with van der Waals surface area (Å²) in [5, 5.41) is 0. The number of hydrogen-bond acceptors (Lipinski definition) is 5. The van der Waals surface area contributed by atoms with Crippen LogP contribution in [0, 0.1) is 6.92 Å². The Morgan fingerprint density at radius 2 is 2.25 bits per heavy atom. The number of aromatic nitrogens is 1. The summed E-state index contributed by atoms with van der Waals surface area (Å²) in [7, 11) is 0. The van der Waals surface area contributed by atoms with Gasteiger partial charge in [-0.25, -0.2) is 0 Å². The van der Waals surface area contributed by atoms with E-state index in [2.05, 4.69) is 4.98 Å². The van der Waals surface area contributed by atoms with Gasteiger partial charge in [0.15, 0.2) is 5.76 Å². The first-order valence-corrected chi connectivity index (χ1v) is 8.28. The number of furan rings is 1. The van der Waals surface area contributed by atoms with E-state index in [9.17, 15) is 4.79 Å². The number of carbonyl (C=O) groups excluding carboxylic acids is 1. The summed E-state index contributed by atoms with van der Waals surface area (Å²) in [4.78, 5) is 18.7. The van der Waals surface area contributed by atoms with Gasteiger partial charge in [0.25, 0.3) is 5.91 Å². The molecule has 0 N–H and O–H groups in total. The molecule has 6 nitrogen and oxygen atoms in total. The van der Waals surface area contributed by atoms with Gasteiger partial charge >= 0.3 is 0 Å². The zero-order valence-electron chi connectivity index (χ0n) is 13.6. The number of ether oxygens (including phenoxy) is 2. The maximum absolute atomic E-state index is 12.7. The molecule has 1 aliphatic carbocycles. The van der Waals surface area contributed by atoms with Crippen LogP contribution in [0.25, 0.3) is 0 Å². The van der Waals surface area contributed by atoms with Gasteiger partial charge in [-0.1, -0.05) is 0 Å². The number of nitrogens with zero attached hydrogens (tertiary/aromatic N) is 2. The quantitative estimate of drug-likeness (QED) is 0.866. The lowest BCUT2D eigenvalue weighted by atomic mass is 10.1. The lowest BCUT2D eigenvalue weighted by Crippen LogP contribution is -2.54. The second-order valence-corrected chi connectivity index (χ2v) is 6.23. The fraction of sp³-hybridized carbons (Fsp3) is 0.444. The number of rotatable bonds is 3. The lowest BCUT2D eigenvalue weighted by molar-refractivity contribution is -0.0792. The molecular formula is C18H20N2O4. The molecule has 126 valence electrons. The summed E-state index contributed by atoms with van der Waals surface area (Å²) < 4.78 is 17.5. The first-order valence-electron chi connectivity index (χ1n) is 8.28. The monoisotopic (exact) mass is 328 g/mol. The van der Waals surface area contributed by atoms with Gasteiger partial charge in [0.1, 0.15) is 23.7 Å². The molecule has 0 aromatic carbocycles. The van der Waals surface area contributed by atoms with Crippen molar-refractivity contribution in [1.82, 2.24) is 9.88 Å². The second-order valence-electron chi connectivity index (χ2n) is 6.23. The molecule has 2 aliphatic rings. The smallest absolute Gasteiger partial charge is 0.289 e. The van der Waals surface area contributed by atoms with E-state index in [4.69, 9.17) is 13.9 Å². The number of amides is 1. The van der Waals surface area contributed by atoms with Gasteiger partial charge < -0.3 is 18.8 Å². The highest BCUT2D eigenvalue weighted by molar-refractivity contribution is 5.92. The Labute approximate surface area is 140 Å². The van der Waals surface area contributed by atoms with E-state index >= 15 is 0 Å². The molecule has 1 amide bonds. The molecule has 2 fully saturated rings. The maximum Gasteiger partial charge on any atom is 0.289 e. The minimum Gasteiger partial charge on any atom is -0.486 e. The first-order chi connectivity index (χ1) is 11.7. The molecule has 1 saturated heterocycles. The van der Waals surface area contributed by atoms with Gasteiger partial charge in [-0.15, -0.1) is 0 Å². The molecule has 2 aromatic heterocycles. The molecule has 3 atom stereocenters. The van der Waals surface area contributed by atoms with Crippen LogP contribution in [-0.2, 0) is 4.74 Å². The van der Waals surface area contributed by atoms with Gasteiger partial charge in [0.05, 0.1) is 18.8 Å². The van der Waals surface area contributed by atoms with Crippen molar-refractivity contribution in [2.24, 2.45) is 0 Å². The molecule has 1 saturated carbocycles. The van der Waals surface area contributed by atoms with Crippen LogP contribution < -0.4 is 4.74 Å². The van der Waals surface area contributed by atoms with Crippen molar-refractivity contribution in [1.29, 1.82) is 0 Å². The van der Waals surface area contributed by atoms with Crippen molar-refractivity contribution in [3.63, 3.8) is 0 Å². The summed E-state index contributed by atoms with van der Waals surface area (Å²) in [5.74, 6) is 1.80. The second kappa shape index (κ2) is 6.28. The standard InChI is InChI=1S/C18H20N2O4/c1-12-4-6-16(23-12)18(21)20-9-10-22-17-14(20)5-7-15(17)24-13-3-2-8-19-11-13/h2-4,6,8,11,14-15,17H,5,7,9-10H2,1H3/t14-,15+,17+/m0/s1. The van der Waals surface area contributed by atoms with E-state index in [-0.39, 0.29) is 24.2 Å². The average molecular weight is 328 g/mol. The minimum absolute atomic E-state index is 0.0262. The SMILES string of the molecule is Cc1ccc(C(=O)N2CCO[C@H]3[C@H](Oc4cccnc4)CC[C@@H]32)o1. The van der Waals surface area contributed by atoms with Crippen LogP contribution in [0.1, 0.15) is 29.2 Å². The minimum atomic E-state index is -0.112. The summed E-state index contributed by atoms with van der Waals surface area (Å²) >= 11 is 0. The van der Waals surface area contributed by atoms with Crippen molar-refractivity contribution >= 4 is 5.91 Å². The Bertz CT molecular complexity index is 715. The van der Waals surface area contributed by atoms with Crippen LogP contribution in [0.5, 0.6) is 5.75 Å². The number of hydrogen-bond donors (Lipinski definition) is 0. The van der Waals surface area contributed by atoms with Gasteiger partial charge in [0, 0.05) is 12.7 Å². The van der Waals surface area contributed by atoms with Crippen molar-refractivity contribution < 1.29 is 18.7 Å². The Morgan fingerprint density at radius 1 is 1.33 bits per heavy atom. The normalized spacial score (nSPS) is 26.2. The zero-order valence-corrected chi connectivity index (χ0v) is 13.6. The van der Waals surface area contributed by atoms with E-state index < -0.39 is 0 Å². The zero-order chi connectivity index (χ0) is 16.5. The highest BCUT2D eigenvalue weighted by atomic mass is 16.5. The van der Waals surface area contributed by atoms with Gasteiger partial charge in [-0.2, -0.15) is 0 Å². The third-order valence-electron chi connectivity index (χ3n) is 4.67. The third kappa shape index (κ3) is 2.78. The maximum atomic E-state index is 12.7. The van der Waals surface area contributed by atoms with Gasteiger partial charge in [-0.05, 0) is 44.0 Å². The van der Waals surface area contributed by atoms with Crippen molar-refractivity contribution in [3.8, 4) is 5.75 Å². The Kier molecular flexibility index (Phi) is 3.98. The molecule has 24 heavy (non-hydrogen) atoms. The van der Waals surface area contributed by atoms with Crippen LogP contribution in [0.3, 0.4) is 0 Å². The Hall–Kier alpha value is -2.34. The largest absolute Gasteiger partial charge is 0.486 e. The van der Waals surface area contributed by atoms with E-state index in [1.165, 1.54) is 0 Å². The average Bonchev–Trinajstić information content (AvgIpc) is 3.22. The van der Waals surface area contributed by atoms with Crippen LogP contribution in [0.2, 0.25) is 0 Å². The Balaban J connectivity index is 1.49. The van der Waals surface area contributed by atoms with Crippen LogP contribution in [-0.4, -0.2) is 47.2 Å². The van der Waals surface area contributed by atoms with E-state index in [1.54, 1.807) is 18.5 Å². The van der Waals surface area contributed by atoms with E-state index in [0.29, 0.717) is 18.9 Å². The topological polar surface area (TPSA) is 64.8 Å². The number of morpholine rings is 1. The highest BCUT2D eigenvalue weighted by Crippen LogP contribution is 2.33. The number of carbonyl (C=O) groups is 1. The Morgan fingerprint density at radius 3 is 3.00 bits per heavy atom. The lowest BCUT2D eigenvalue weighted by Gasteiger charge is -2.38. The van der Waals surface area contributed by atoms with Crippen LogP contribution >= 0.6 is 0 Å². The van der Waals surface area contributed by atoms with Gasteiger partial charge in [0.2, 0.25) is 0 Å². The van der Waals surface area contributed by atoms with Crippen molar-refractivity contribution in [2.75, 3.05) is 13.2 Å². The number of pyridine rings is 1. The van der Waals surface area contributed by atoms with E-state index in [0.717, 1.165) is 24.4 Å². The number of fused-ring (bicyclic) bond motifs is 1. The number of aryl methyl sites for hydroxylation is 1. The summed E-state index contributed by atoms with van der Waals surface area (Å²) in [6, 6.07) is 7.31. The molecule has 0 bridgehead atoms. The predicted molar refractivity (Wildman–Crippen MR) is 85.9 cm³/mol. The summed E-state index contributed by atoms with van der Waals surface area (Å²) in [6.45, 7) is 2.94. The fourth-order valence-electron chi connectivity index (χ4n) is 3.58. The molecule has 3 heterocycles. The van der Waals surface area contributed by atoms with Gasteiger partial charge in [-0.3, -0.25) is 9.78 Å². The first kappa shape index (κ1) is 15.2. The molecule has 0 spiro atoms. The van der Waals surface area contributed by atoms with Crippen LogP contribution in [0.4, 0.5) is 0 Å². The molecule has 4 rings (SSSR count). The molecule has 1 aliphatic heterocycles. The molecule has 0 unspecified atom stereocenters. The molecular weight excluding hydrogens is 308 g/mol. The highest BCUT2D eigenvalue weighted by Gasteiger charge is 2.46. The van der Waals surface area contributed by atoms with E-state index in [1.807, 2.05) is 30.0 Å². The predicted octanol–water partition coefficient (Wildman–Crippen LogP) is 2.43. The summed E-state index contributed by atoms with van der Waals surface area (Å²) in [5.41, 5.74) is 0. The molecule has 2 aromatic rings. The van der Waals surface area contributed by atoms with Crippen molar-refractivity contribution in [2.45, 2.75) is 38.0 Å². The van der Waals surface area contributed by atoms with Crippen molar-refractivity contribution in [3.05, 3.63) is 48.2 Å². The summed E-state index contributed by atoms with van der Waals surface area (Å²) in [6.07, 6.45) is 4.96. The third-order valence-corrected chi connectivity index (χ3v) is 4.67. The van der Waals surface area contributed by atoms with Crippen LogP contribution in [0.15, 0.2) is 41.1 Å². The molecule has 6 heteroatoms. The molecule has 0 radical (unpaired) electrons.